The van der Waals surface area contributed by atoms with E-state index < -0.39 is 39.5 Å². The Kier molecular flexibility index (Phi) is 8.45. The topological polar surface area (TPSA) is 174 Å². The number of hydrogen-bond donors (Lipinski definition) is 3. The zero-order chi connectivity index (χ0) is 24.8. The van der Waals surface area contributed by atoms with Crippen LogP contribution >= 0.6 is 11.6 Å². The molecule has 0 fully saturated rings. The fourth-order valence-corrected chi connectivity index (χ4v) is 3.54. The highest BCUT2D eigenvalue weighted by molar-refractivity contribution is 7.89. The molecule has 14 heteroatoms. The molecule has 2 amide bonds. The van der Waals surface area contributed by atoms with Gasteiger partial charge in [-0.25, -0.2) is 8.42 Å². The van der Waals surface area contributed by atoms with E-state index in [1.165, 1.54) is 44.2 Å². The maximum absolute atomic E-state index is 12.3. The van der Waals surface area contributed by atoms with Crippen molar-refractivity contribution >= 4 is 56.5 Å². The number of hydrogen-bond acceptors (Lipinski definition) is 8. The van der Waals surface area contributed by atoms with Crippen molar-refractivity contribution in [2.45, 2.75) is 24.8 Å². The predicted molar refractivity (Wildman–Crippen MR) is 118 cm³/mol. The summed E-state index contributed by atoms with van der Waals surface area (Å²) in [6, 6.07) is 8.64. The van der Waals surface area contributed by atoms with Crippen molar-refractivity contribution < 1.29 is 32.5 Å². The second-order valence-electron chi connectivity index (χ2n) is 6.57. The predicted octanol–water partition coefficient (Wildman–Crippen LogP) is 2.06. The van der Waals surface area contributed by atoms with E-state index in [1.54, 1.807) is 0 Å². The van der Waals surface area contributed by atoms with Crippen LogP contribution in [-0.2, 0) is 29.1 Å². The third-order valence-corrected chi connectivity index (χ3v) is 5.73. The molecule has 1 atom stereocenters. The van der Waals surface area contributed by atoms with Crippen molar-refractivity contribution in [1.29, 1.82) is 0 Å². The number of amides is 2. The molecule has 33 heavy (non-hydrogen) atoms. The SMILES string of the molecule is CC(=O)Nc1ccc(S(=O)(=O)NCC(=O)O[C@@H](C)C(=O)Nc2cc([N+](=O)[O-])ccc2Cl)cc1. The Labute approximate surface area is 193 Å². The van der Waals surface area contributed by atoms with Crippen molar-refractivity contribution in [2.75, 3.05) is 17.2 Å². The molecule has 0 aliphatic heterocycles. The summed E-state index contributed by atoms with van der Waals surface area (Å²) in [5.41, 5.74) is 0.0330. The molecule has 12 nitrogen and oxygen atoms in total. The first-order valence-corrected chi connectivity index (χ1v) is 11.1. The molecule has 0 aromatic heterocycles. The number of anilines is 2. The minimum absolute atomic E-state index is 0.0322. The number of sulfonamides is 1. The highest BCUT2D eigenvalue weighted by Crippen LogP contribution is 2.26. The van der Waals surface area contributed by atoms with Crippen molar-refractivity contribution in [3.05, 3.63) is 57.6 Å². The molecule has 0 unspecified atom stereocenters. The first-order chi connectivity index (χ1) is 15.4. The molecule has 2 rings (SSSR count). The summed E-state index contributed by atoms with van der Waals surface area (Å²) in [7, 11) is -4.07. The second kappa shape index (κ2) is 10.8. The van der Waals surface area contributed by atoms with E-state index in [0.717, 1.165) is 12.1 Å². The van der Waals surface area contributed by atoms with Gasteiger partial charge >= 0.3 is 5.97 Å². The molecular formula is C19H19ClN4O8S. The first-order valence-electron chi connectivity index (χ1n) is 9.20. The van der Waals surface area contributed by atoms with Crippen molar-refractivity contribution in [3.8, 4) is 0 Å². The summed E-state index contributed by atoms with van der Waals surface area (Å²) < 4.78 is 31.5. The third-order valence-electron chi connectivity index (χ3n) is 3.99. The quantitative estimate of drug-likeness (QED) is 0.267. The van der Waals surface area contributed by atoms with Crippen LogP contribution in [-0.4, -0.2) is 43.8 Å². The Bertz CT molecular complexity index is 1180. The van der Waals surface area contributed by atoms with Crippen LogP contribution in [0.1, 0.15) is 13.8 Å². The molecule has 0 aliphatic rings. The zero-order valence-electron chi connectivity index (χ0n) is 17.3. The monoisotopic (exact) mass is 498 g/mol. The van der Waals surface area contributed by atoms with Crippen LogP contribution in [0.2, 0.25) is 5.02 Å². The fourth-order valence-electron chi connectivity index (χ4n) is 2.41. The Morgan fingerprint density at radius 2 is 1.76 bits per heavy atom. The van der Waals surface area contributed by atoms with E-state index in [0.29, 0.717) is 5.69 Å². The minimum atomic E-state index is -4.07. The molecule has 0 saturated carbocycles. The summed E-state index contributed by atoms with van der Waals surface area (Å²) >= 11 is 5.91. The van der Waals surface area contributed by atoms with Crippen LogP contribution in [0.4, 0.5) is 17.1 Å². The van der Waals surface area contributed by atoms with Gasteiger partial charge in [0.15, 0.2) is 6.10 Å². The summed E-state index contributed by atoms with van der Waals surface area (Å²) in [6.45, 7) is 1.77. The van der Waals surface area contributed by atoms with Crippen LogP contribution < -0.4 is 15.4 Å². The third kappa shape index (κ3) is 7.52. The Morgan fingerprint density at radius 3 is 2.33 bits per heavy atom. The first kappa shape index (κ1) is 25.7. The molecule has 2 aromatic carbocycles. The van der Waals surface area contributed by atoms with Crippen LogP contribution in [0.15, 0.2) is 47.4 Å². The molecule has 0 bridgehead atoms. The van der Waals surface area contributed by atoms with E-state index in [9.17, 15) is 32.9 Å². The standard InChI is InChI=1S/C19H19ClN4O8S/c1-11(19(27)23-17-9-14(24(28)29)5-8-16(17)20)32-18(26)10-21-33(30,31)15-6-3-13(4-7-15)22-12(2)25/h3-9,11,21H,10H2,1-2H3,(H,22,25)(H,23,27)/t11-/m0/s1. The van der Waals surface area contributed by atoms with Gasteiger partial charge in [0.2, 0.25) is 15.9 Å². The fraction of sp³-hybridized carbons (Fsp3) is 0.211. The van der Waals surface area contributed by atoms with Crippen LogP contribution in [0, 0.1) is 10.1 Å². The Balaban J connectivity index is 1.93. The summed E-state index contributed by atoms with van der Waals surface area (Å²) in [5, 5.41) is 15.7. The lowest BCUT2D eigenvalue weighted by atomic mass is 10.2. The number of nitrogens with zero attached hydrogens (tertiary/aromatic N) is 1. The number of halogens is 1. The van der Waals surface area contributed by atoms with E-state index >= 15 is 0 Å². The zero-order valence-corrected chi connectivity index (χ0v) is 18.9. The molecular weight excluding hydrogens is 480 g/mol. The van der Waals surface area contributed by atoms with Crippen molar-refractivity contribution in [1.82, 2.24) is 4.72 Å². The van der Waals surface area contributed by atoms with Gasteiger partial charge in [0.1, 0.15) is 6.54 Å². The highest BCUT2D eigenvalue weighted by atomic mass is 35.5. The normalized spacial score (nSPS) is 11.8. The number of nitro groups is 1. The van der Waals surface area contributed by atoms with E-state index in [4.69, 9.17) is 16.3 Å². The molecule has 3 N–H and O–H groups in total. The number of ether oxygens (including phenoxy) is 1. The van der Waals surface area contributed by atoms with Gasteiger partial charge in [-0.3, -0.25) is 24.5 Å². The maximum Gasteiger partial charge on any atom is 0.321 e. The van der Waals surface area contributed by atoms with E-state index in [1.807, 2.05) is 4.72 Å². The van der Waals surface area contributed by atoms with Crippen LogP contribution in [0.25, 0.3) is 0 Å². The average Bonchev–Trinajstić information content (AvgIpc) is 2.73. The van der Waals surface area contributed by atoms with Gasteiger partial charge in [-0.15, -0.1) is 0 Å². The Hall–Kier alpha value is -3.55. The number of benzene rings is 2. The van der Waals surface area contributed by atoms with Crippen molar-refractivity contribution in [3.63, 3.8) is 0 Å². The van der Waals surface area contributed by atoms with Gasteiger partial charge in [-0.1, -0.05) is 11.6 Å². The molecule has 0 aliphatic carbocycles. The largest absolute Gasteiger partial charge is 0.452 e. The van der Waals surface area contributed by atoms with Crippen molar-refractivity contribution in [2.24, 2.45) is 0 Å². The van der Waals surface area contributed by atoms with Gasteiger partial charge in [0.05, 0.1) is 20.5 Å². The number of nitro benzene ring substituents is 1. The summed E-state index contributed by atoms with van der Waals surface area (Å²) in [5.74, 6) is -2.19. The van der Waals surface area contributed by atoms with Gasteiger partial charge < -0.3 is 15.4 Å². The van der Waals surface area contributed by atoms with Gasteiger partial charge in [-0.05, 0) is 37.3 Å². The number of carbonyl (C=O) groups excluding carboxylic acids is 3. The summed E-state index contributed by atoms with van der Waals surface area (Å²) in [6.07, 6.45) is -1.35. The van der Waals surface area contributed by atoms with Gasteiger partial charge in [-0.2, -0.15) is 4.72 Å². The molecule has 0 radical (unpaired) electrons. The lowest BCUT2D eigenvalue weighted by molar-refractivity contribution is -0.384. The minimum Gasteiger partial charge on any atom is -0.452 e. The number of esters is 1. The number of rotatable bonds is 9. The molecule has 0 saturated heterocycles. The highest BCUT2D eigenvalue weighted by Gasteiger charge is 2.22. The van der Waals surface area contributed by atoms with Crippen LogP contribution in [0.3, 0.4) is 0 Å². The van der Waals surface area contributed by atoms with Gasteiger partial charge in [0, 0.05) is 24.7 Å². The summed E-state index contributed by atoms with van der Waals surface area (Å²) in [4.78, 5) is 45.2. The lowest BCUT2D eigenvalue weighted by Crippen LogP contribution is -2.35. The number of carbonyl (C=O) groups is 3. The molecule has 2 aromatic rings. The van der Waals surface area contributed by atoms with E-state index in [-0.39, 0.29) is 27.2 Å². The molecule has 176 valence electrons. The Morgan fingerprint density at radius 1 is 1.12 bits per heavy atom. The number of nitrogens with one attached hydrogen (secondary N) is 3. The van der Waals surface area contributed by atoms with E-state index in [2.05, 4.69) is 10.6 Å². The average molecular weight is 499 g/mol. The van der Waals surface area contributed by atoms with Gasteiger partial charge in [0.25, 0.3) is 11.6 Å². The maximum atomic E-state index is 12.3. The molecule has 0 heterocycles. The molecule has 0 spiro atoms. The lowest BCUT2D eigenvalue weighted by Gasteiger charge is -2.14. The second-order valence-corrected chi connectivity index (χ2v) is 8.75. The smallest absolute Gasteiger partial charge is 0.321 e. The number of non-ortho nitro benzene ring substituents is 1. The van der Waals surface area contributed by atoms with Crippen LogP contribution in [0.5, 0.6) is 0 Å².